The largest absolute Gasteiger partial charge is 0.469 e. The number of nitrogens with one attached hydrogen (secondary N) is 1. The molecule has 0 bridgehead atoms. The van der Waals surface area contributed by atoms with Gasteiger partial charge in [-0.3, -0.25) is 4.79 Å². The Bertz CT molecular complexity index is 854. The first-order valence-electron chi connectivity index (χ1n) is 8.90. The lowest BCUT2D eigenvalue weighted by atomic mass is 10.1. The van der Waals surface area contributed by atoms with Gasteiger partial charge in [-0.2, -0.15) is 4.31 Å². The van der Waals surface area contributed by atoms with Crippen molar-refractivity contribution in [1.82, 2.24) is 9.62 Å². The van der Waals surface area contributed by atoms with Crippen LogP contribution in [0.2, 0.25) is 0 Å². The van der Waals surface area contributed by atoms with Crippen LogP contribution in [0.3, 0.4) is 0 Å². The molecule has 0 aliphatic carbocycles. The predicted molar refractivity (Wildman–Crippen MR) is 98.5 cm³/mol. The maximum atomic E-state index is 12.7. The lowest BCUT2D eigenvalue weighted by molar-refractivity contribution is 0.0952. The fourth-order valence-electron chi connectivity index (χ4n) is 3.10. The number of rotatable bonds is 7. The van der Waals surface area contributed by atoms with E-state index in [1.54, 1.807) is 18.4 Å². The second-order valence-corrected chi connectivity index (χ2v) is 8.46. The van der Waals surface area contributed by atoms with Crippen LogP contribution in [0.15, 0.2) is 45.9 Å². The van der Waals surface area contributed by atoms with Gasteiger partial charge >= 0.3 is 0 Å². The molecule has 0 radical (unpaired) electrons. The quantitative estimate of drug-likeness (QED) is 0.754. The van der Waals surface area contributed by atoms with Gasteiger partial charge in [0.05, 0.1) is 11.2 Å². The Balaban J connectivity index is 1.65. The van der Waals surface area contributed by atoms with Crippen LogP contribution >= 0.6 is 0 Å². The molecule has 140 valence electrons. The van der Waals surface area contributed by atoms with Crippen molar-refractivity contribution in [3.05, 3.63) is 53.5 Å². The molecule has 1 saturated heterocycles. The Kier molecular flexibility index (Phi) is 5.78. The van der Waals surface area contributed by atoms with Crippen LogP contribution in [-0.2, 0) is 16.4 Å². The Morgan fingerprint density at radius 3 is 2.69 bits per heavy atom. The van der Waals surface area contributed by atoms with Crippen molar-refractivity contribution >= 4 is 15.9 Å². The van der Waals surface area contributed by atoms with E-state index in [1.165, 1.54) is 10.4 Å². The Morgan fingerprint density at radius 2 is 2.00 bits per heavy atom. The van der Waals surface area contributed by atoms with Crippen molar-refractivity contribution < 1.29 is 17.6 Å². The minimum absolute atomic E-state index is 0.186. The van der Waals surface area contributed by atoms with E-state index in [0.717, 1.165) is 37.0 Å². The Labute approximate surface area is 154 Å². The van der Waals surface area contributed by atoms with Gasteiger partial charge in [-0.05, 0) is 56.0 Å². The third-order valence-corrected chi connectivity index (χ3v) is 6.52. The molecule has 0 atom stereocenters. The highest BCUT2D eigenvalue weighted by Gasteiger charge is 2.28. The van der Waals surface area contributed by atoms with E-state index >= 15 is 0 Å². The second-order valence-electron chi connectivity index (χ2n) is 6.53. The highest BCUT2D eigenvalue weighted by molar-refractivity contribution is 7.89. The van der Waals surface area contributed by atoms with E-state index in [-0.39, 0.29) is 10.8 Å². The fraction of sp³-hybridized carbons (Fsp3) is 0.421. The van der Waals surface area contributed by atoms with Gasteiger partial charge in [-0.25, -0.2) is 8.42 Å². The monoisotopic (exact) mass is 376 g/mol. The van der Waals surface area contributed by atoms with E-state index in [1.807, 2.05) is 19.1 Å². The van der Waals surface area contributed by atoms with Crippen LogP contribution < -0.4 is 5.32 Å². The second kappa shape index (κ2) is 8.05. The van der Waals surface area contributed by atoms with Crippen molar-refractivity contribution in [3.63, 3.8) is 0 Å². The number of carbonyl (C=O) groups is 1. The summed E-state index contributed by atoms with van der Waals surface area (Å²) in [5.74, 6) is 0.634. The smallest absolute Gasteiger partial charge is 0.251 e. The number of nitrogens with zero attached hydrogens (tertiary/aromatic N) is 1. The highest BCUT2D eigenvalue weighted by Crippen LogP contribution is 2.23. The topological polar surface area (TPSA) is 79.6 Å². The average Bonchev–Trinajstić information content (AvgIpc) is 3.32. The molecule has 1 fully saturated rings. The third-order valence-electron chi connectivity index (χ3n) is 4.62. The lowest BCUT2D eigenvalue weighted by Gasteiger charge is -2.16. The number of hydrogen-bond acceptors (Lipinski definition) is 4. The molecule has 1 aromatic carbocycles. The van der Waals surface area contributed by atoms with E-state index in [4.69, 9.17) is 4.42 Å². The van der Waals surface area contributed by atoms with Gasteiger partial charge in [0.1, 0.15) is 5.76 Å². The highest BCUT2D eigenvalue weighted by atomic mass is 32.2. The molecule has 1 aliphatic rings. The molecule has 1 amide bonds. The Hall–Kier alpha value is -2.12. The van der Waals surface area contributed by atoms with Gasteiger partial charge in [0.25, 0.3) is 5.91 Å². The van der Waals surface area contributed by atoms with Gasteiger partial charge in [-0.15, -0.1) is 0 Å². The van der Waals surface area contributed by atoms with Gasteiger partial charge in [0.2, 0.25) is 10.0 Å². The number of sulfonamides is 1. The van der Waals surface area contributed by atoms with Crippen LogP contribution in [0.1, 0.15) is 40.9 Å². The molecule has 1 aromatic heterocycles. The summed E-state index contributed by atoms with van der Waals surface area (Å²) in [6.07, 6.45) is 4.89. The van der Waals surface area contributed by atoms with Crippen LogP contribution in [-0.4, -0.2) is 38.3 Å². The molecule has 26 heavy (non-hydrogen) atoms. The van der Waals surface area contributed by atoms with Crippen LogP contribution in [0.5, 0.6) is 0 Å². The molecule has 0 saturated carbocycles. The van der Waals surface area contributed by atoms with Crippen molar-refractivity contribution in [3.8, 4) is 0 Å². The van der Waals surface area contributed by atoms with Gasteiger partial charge in [0, 0.05) is 31.6 Å². The van der Waals surface area contributed by atoms with E-state index in [2.05, 4.69) is 5.32 Å². The van der Waals surface area contributed by atoms with E-state index in [0.29, 0.717) is 25.2 Å². The molecule has 0 spiro atoms. The summed E-state index contributed by atoms with van der Waals surface area (Å²) in [7, 11) is -3.53. The van der Waals surface area contributed by atoms with Crippen molar-refractivity contribution in [2.75, 3.05) is 19.6 Å². The predicted octanol–water partition coefficient (Wildman–Crippen LogP) is 2.74. The van der Waals surface area contributed by atoms with Crippen molar-refractivity contribution in [1.29, 1.82) is 0 Å². The summed E-state index contributed by atoms with van der Waals surface area (Å²) in [6, 6.07) is 8.50. The molecule has 1 aliphatic heterocycles. The zero-order valence-corrected chi connectivity index (χ0v) is 15.7. The molecule has 1 N–H and O–H groups in total. The number of amides is 1. The maximum Gasteiger partial charge on any atom is 0.251 e. The van der Waals surface area contributed by atoms with Crippen LogP contribution in [0, 0.1) is 6.92 Å². The molecule has 7 heteroatoms. The van der Waals surface area contributed by atoms with Crippen LogP contribution in [0.25, 0.3) is 0 Å². The molecule has 6 nitrogen and oxygen atoms in total. The molecule has 0 unspecified atom stereocenters. The minimum Gasteiger partial charge on any atom is -0.469 e. The zero-order valence-electron chi connectivity index (χ0n) is 14.9. The normalized spacial score (nSPS) is 15.3. The number of hydrogen-bond donors (Lipinski definition) is 1. The molecular formula is C19H24N2O4S. The summed E-state index contributed by atoms with van der Waals surface area (Å²) in [5, 5.41) is 2.86. The van der Waals surface area contributed by atoms with Crippen molar-refractivity contribution in [2.24, 2.45) is 0 Å². The van der Waals surface area contributed by atoms with E-state index < -0.39 is 10.0 Å². The van der Waals surface area contributed by atoms with Gasteiger partial charge in [-0.1, -0.05) is 6.07 Å². The number of benzene rings is 1. The van der Waals surface area contributed by atoms with Crippen LogP contribution in [0.4, 0.5) is 0 Å². The number of carbonyl (C=O) groups excluding carboxylic acids is 1. The summed E-state index contributed by atoms with van der Waals surface area (Å²) in [4.78, 5) is 12.7. The van der Waals surface area contributed by atoms with Gasteiger partial charge in [0.15, 0.2) is 0 Å². The molecule has 2 aromatic rings. The summed E-state index contributed by atoms with van der Waals surface area (Å²) in [6.45, 7) is 3.40. The molecule has 2 heterocycles. The first-order valence-corrected chi connectivity index (χ1v) is 10.3. The SMILES string of the molecule is Cc1ccc(S(=O)(=O)N2CCCC2)cc1C(=O)NCCCc1ccco1. The zero-order chi connectivity index (χ0) is 18.6. The minimum atomic E-state index is -3.53. The van der Waals surface area contributed by atoms with E-state index in [9.17, 15) is 13.2 Å². The number of furan rings is 1. The first-order chi connectivity index (χ1) is 12.5. The lowest BCUT2D eigenvalue weighted by Crippen LogP contribution is -2.29. The number of aryl methyl sites for hydroxylation is 2. The fourth-order valence-corrected chi connectivity index (χ4v) is 4.64. The first kappa shape index (κ1) is 18.7. The third kappa shape index (κ3) is 4.16. The van der Waals surface area contributed by atoms with Crippen molar-refractivity contribution in [2.45, 2.75) is 37.5 Å². The van der Waals surface area contributed by atoms with Gasteiger partial charge < -0.3 is 9.73 Å². The summed E-state index contributed by atoms with van der Waals surface area (Å²) >= 11 is 0. The molecule has 3 rings (SSSR count). The Morgan fingerprint density at radius 1 is 1.23 bits per heavy atom. The summed E-state index contributed by atoms with van der Waals surface area (Å²) in [5.41, 5.74) is 1.16. The summed E-state index contributed by atoms with van der Waals surface area (Å²) < 4.78 is 32.1. The molecular weight excluding hydrogens is 352 g/mol. The average molecular weight is 376 g/mol. The standard InChI is InChI=1S/C19H24N2O4S/c1-15-8-9-17(26(23,24)21-11-2-3-12-21)14-18(15)19(22)20-10-4-6-16-7-5-13-25-16/h5,7-9,13-14H,2-4,6,10-12H2,1H3,(H,20,22). The maximum absolute atomic E-state index is 12.7.